The first-order chi connectivity index (χ1) is 14.8. The van der Waals surface area contributed by atoms with Crippen LogP contribution in [0.15, 0.2) is 66.0 Å². The monoisotopic (exact) mass is 416 g/mol. The van der Waals surface area contributed by atoms with Crippen LogP contribution in [-0.2, 0) is 25.8 Å². The summed E-state index contributed by atoms with van der Waals surface area (Å²) in [6.45, 7) is 1.52. The first-order valence-corrected chi connectivity index (χ1v) is 11.3. The number of nitrogens with zero attached hydrogens (tertiary/aromatic N) is 3. The van der Waals surface area contributed by atoms with Gasteiger partial charge in [-0.1, -0.05) is 30.3 Å². The maximum Gasteiger partial charge on any atom is 0.262 e. The highest BCUT2D eigenvalue weighted by Crippen LogP contribution is 2.33. The quantitative estimate of drug-likeness (QED) is 0.522. The zero-order chi connectivity index (χ0) is 20.3. The summed E-state index contributed by atoms with van der Waals surface area (Å²) in [7, 11) is 0. The number of aromatic nitrogens is 3. The number of rotatable bonds is 6. The second-order valence-electron chi connectivity index (χ2n) is 7.85. The molecule has 0 radical (unpaired) electrons. The van der Waals surface area contributed by atoms with Crippen molar-refractivity contribution < 1.29 is 0 Å². The van der Waals surface area contributed by atoms with Crippen LogP contribution < -0.4 is 10.9 Å². The van der Waals surface area contributed by atoms with Crippen LogP contribution in [0.25, 0.3) is 10.2 Å². The minimum Gasteiger partial charge on any atom is -0.313 e. The lowest BCUT2D eigenvalue weighted by atomic mass is 9.93. The molecule has 0 aliphatic heterocycles. The fraction of sp³-hybridized carbons (Fsp3) is 0.292. The molecular formula is C24H24N4OS. The van der Waals surface area contributed by atoms with Crippen LogP contribution in [0, 0.1) is 0 Å². The average molecular weight is 417 g/mol. The summed E-state index contributed by atoms with van der Waals surface area (Å²) in [4.78, 5) is 24.1. The van der Waals surface area contributed by atoms with Gasteiger partial charge in [0.15, 0.2) is 0 Å². The van der Waals surface area contributed by atoms with Crippen LogP contribution >= 0.6 is 11.3 Å². The Morgan fingerprint density at radius 3 is 2.77 bits per heavy atom. The summed E-state index contributed by atoms with van der Waals surface area (Å²) in [5, 5.41) is 4.53. The average Bonchev–Trinajstić information content (AvgIpc) is 3.16. The van der Waals surface area contributed by atoms with Crippen molar-refractivity contribution in [3.63, 3.8) is 0 Å². The topological polar surface area (TPSA) is 59.8 Å². The lowest BCUT2D eigenvalue weighted by molar-refractivity contribution is 0.466. The number of thiophene rings is 1. The Morgan fingerprint density at radius 2 is 1.93 bits per heavy atom. The van der Waals surface area contributed by atoms with E-state index >= 15 is 0 Å². The molecule has 1 aromatic carbocycles. The molecule has 0 spiro atoms. The SMILES string of the molecule is O=c1c2c3c(sc2ncn1Cc1ccccc1)CC(NCCc1ccncc1)CC3. The van der Waals surface area contributed by atoms with Gasteiger partial charge in [0, 0.05) is 23.3 Å². The van der Waals surface area contributed by atoms with Gasteiger partial charge in [-0.05, 0) is 61.1 Å². The number of fused-ring (bicyclic) bond motifs is 3. The highest BCUT2D eigenvalue weighted by Gasteiger charge is 2.25. The van der Waals surface area contributed by atoms with Gasteiger partial charge in [-0.2, -0.15) is 0 Å². The molecule has 3 aromatic heterocycles. The molecule has 0 amide bonds. The maximum absolute atomic E-state index is 13.2. The minimum absolute atomic E-state index is 0.0884. The predicted molar refractivity (Wildman–Crippen MR) is 121 cm³/mol. The van der Waals surface area contributed by atoms with E-state index in [2.05, 4.69) is 27.4 Å². The van der Waals surface area contributed by atoms with Gasteiger partial charge in [-0.3, -0.25) is 14.3 Å². The molecule has 0 saturated carbocycles. The molecule has 5 rings (SSSR count). The third-order valence-corrected chi connectivity index (χ3v) is 6.99. The van der Waals surface area contributed by atoms with Crippen LogP contribution in [0.1, 0.15) is 28.0 Å². The smallest absolute Gasteiger partial charge is 0.262 e. The highest BCUT2D eigenvalue weighted by atomic mass is 32.1. The summed E-state index contributed by atoms with van der Waals surface area (Å²) in [6.07, 6.45) is 9.36. The summed E-state index contributed by atoms with van der Waals surface area (Å²) in [5.74, 6) is 0. The number of benzene rings is 1. The summed E-state index contributed by atoms with van der Waals surface area (Å²) < 4.78 is 1.74. The summed E-state index contributed by atoms with van der Waals surface area (Å²) >= 11 is 1.69. The van der Waals surface area contributed by atoms with Crippen molar-refractivity contribution in [3.05, 3.63) is 93.1 Å². The fourth-order valence-corrected chi connectivity index (χ4v) is 5.50. The van der Waals surface area contributed by atoms with E-state index in [0.29, 0.717) is 12.6 Å². The second-order valence-corrected chi connectivity index (χ2v) is 8.93. The highest BCUT2D eigenvalue weighted by molar-refractivity contribution is 7.18. The van der Waals surface area contributed by atoms with Crippen molar-refractivity contribution >= 4 is 21.6 Å². The van der Waals surface area contributed by atoms with Crippen molar-refractivity contribution in [2.75, 3.05) is 6.54 Å². The van der Waals surface area contributed by atoms with E-state index < -0.39 is 0 Å². The van der Waals surface area contributed by atoms with Gasteiger partial charge >= 0.3 is 0 Å². The van der Waals surface area contributed by atoms with Crippen molar-refractivity contribution in [3.8, 4) is 0 Å². The lowest BCUT2D eigenvalue weighted by Crippen LogP contribution is -2.35. The summed E-state index contributed by atoms with van der Waals surface area (Å²) in [5.41, 5.74) is 3.73. The molecule has 3 heterocycles. The van der Waals surface area contributed by atoms with E-state index in [1.807, 2.05) is 42.7 Å². The van der Waals surface area contributed by atoms with Gasteiger partial charge in [0.1, 0.15) is 4.83 Å². The first kappa shape index (κ1) is 19.2. The number of nitrogens with one attached hydrogen (secondary N) is 1. The minimum atomic E-state index is 0.0884. The van der Waals surface area contributed by atoms with Crippen molar-refractivity contribution in [2.24, 2.45) is 0 Å². The molecule has 5 nitrogen and oxygen atoms in total. The second kappa shape index (κ2) is 8.50. The van der Waals surface area contributed by atoms with E-state index in [4.69, 9.17) is 0 Å². The van der Waals surface area contributed by atoms with Gasteiger partial charge in [0.05, 0.1) is 18.3 Å². The Hall–Kier alpha value is -2.83. The summed E-state index contributed by atoms with van der Waals surface area (Å²) in [6, 6.07) is 14.7. The zero-order valence-electron chi connectivity index (χ0n) is 16.8. The molecule has 1 aliphatic carbocycles. The van der Waals surface area contributed by atoms with Gasteiger partial charge < -0.3 is 5.32 Å². The van der Waals surface area contributed by atoms with Gasteiger partial charge in [0.25, 0.3) is 5.56 Å². The number of aryl methyl sites for hydroxylation is 1. The molecule has 152 valence electrons. The van der Waals surface area contributed by atoms with Crippen molar-refractivity contribution in [1.29, 1.82) is 0 Å². The van der Waals surface area contributed by atoms with Crippen LogP contribution in [0.4, 0.5) is 0 Å². The number of hydrogen-bond acceptors (Lipinski definition) is 5. The molecule has 1 unspecified atom stereocenters. The van der Waals surface area contributed by atoms with Crippen molar-refractivity contribution in [2.45, 2.75) is 38.3 Å². The van der Waals surface area contributed by atoms with E-state index in [1.165, 1.54) is 16.0 Å². The first-order valence-electron chi connectivity index (χ1n) is 10.4. The molecule has 1 atom stereocenters. The standard InChI is InChI=1S/C24H24N4OS/c29-24-22-20-7-6-19(26-13-10-17-8-11-25-12-9-17)14-21(20)30-23(22)27-16-28(24)15-18-4-2-1-3-5-18/h1-5,8-9,11-12,16,19,26H,6-7,10,13-15H2. The molecular weight excluding hydrogens is 392 g/mol. The molecule has 1 aliphatic rings. The number of pyridine rings is 1. The zero-order valence-corrected chi connectivity index (χ0v) is 17.6. The maximum atomic E-state index is 13.2. The predicted octanol–water partition coefficient (Wildman–Crippen LogP) is 3.59. The Morgan fingerprint density at radius 1 is 1.10 bits per heavy atom. The molecule has 0 bridgehead atoms. The van der Waals surface area contributed by atoms with E-state index in [0.717, 1.165) is 48.0 Å². The third kappa shape index (κ3) is 3.93. The molecule has 0 fully saturated rings. The normalized spacial score (nSPS) is 15.9. The van der Waals surface area contributed by atoms with E-state index in [1.54, 1.807) is 22.2 Å². The van der Waals surface area contributed by atoms with Crippen LogP contribution in [-0.4, -0.2) is 27.1 Å². The van der Waals surface area contributed by atoms with Crippen LogP contribution in [0.2, 0.25) is 0 Å². The molecule has 0 saturated heterocycles. The Labute approximate surface area is 179 Å². The molecule has 6 heteroatoms. The van der Waals surface area contributed by atoms with Gasteiger partial charge in [-0.15, -0.1) is 11.3 Å². The molecule has 30 heavy (non-hydrogen) atoms. The number of hydrogen-bond donors (Lipinski definition) is 1. The van der Waals surface area contributed by atoms with E-state index in [9.17, 15) is 4.79 Å². The van der Waals surface area contributed by atoms with Crippen LogP contribution in [0.5, 0.6) is 0 Å². The third-order valence-electron chi connectivity index (χ3n) is 5.83. The van der Waals surface area contributed by atoms with Crippen LogP contribution in [0.3, 0.4) is 0 Å². The molecule has 1 N–H and O–H groups in total. The fourth-order valence-electron chi connectivity index (χ4n) is 4.24. The lowest BCUT2D eigenvalue weighted by Gasteiger charge is -2.23. The van der Waals surface area contributed by atoms with Gasteiger partial charge in [-0.25, -0.2) is 4.98 Å². The Kier molecular flexibility index (Phi) is 5.43. The van der Waals surface area contributed by atoms with Crippen molar-refractivity contribution in [1.82, 2.24) is 19.9 Å². The largest absolute Gasteiger partial charge is 0.313 e. The Bertz CT molecular complexity index is 1200. The van der Waals surface area contributed by atoms with Gasteiger partial charge in [0.2, 0.25) is 0 Å². The van der Waals surface area contributed by atoms with E-state index in [-0.39, 0.29) is 5.56 Å². The Balaban J connectivity index is 1.32. The molecule has 4 aromatic rings.